The van der Waals surface area contributed by atoms with Crippen molar-refractivity contribution >= 4 is 17.7 Å². The molecule has 0 heterocycles. The molecule has 0 rings (SSSR count). The molecule has 0 aliphatic carbocycles. The fourth-order valence-corrected chi connectivity index (χ4v) is 1.46. The molecule has 0 amide bonds. The minimum Gasteiger partial charge on any atom is -0.481 e. The Morgan fingerprint density at radius 3 is 2.17 bits per heavy atom. The van der Waals surface area contributed by atoms with Crippen LogP contribution in [0.3, 0.4) is 0 Å². The number of hydrogen-bond donors (Lipinski definition) is 5. The Kier molecular flexibility index (Phi) is 6.45. The normalized spacial score (nSPS) is 15.7. The van der Waals surface area contributed by atoms with Crippen LogP contribution in [0, 0.1) is 0 Å². The van der Waals surface area contributed by atoms with Crippen molar-refractivity contribution in [3.63, 3.8) is 0 Å². The highest BCUT2D eigenvalue weighted by atomic mass is 16.4. The third kappa shape index (κ3) is 4.40. The van der Waals surface area contributed by atoms with Crippen molar-refractivity contribution in [2.75, 3.05) is 6.54 Å². The number of hydrogen-bond acceptors (Lipinski definition) is 6. The second-order valence-corrected chi connectivity index (χ2v) is 4.07. The molecule has 2 atom stereocenters. The SMILES string of the molecule is NCCCC(N)(C(=O)O)C(=O)C(N)CCC(=O)O. The van der Waals surface area contributed by atoms with Crippen LogP contribution in [0.1, 0.15) is 25.7 Å². The van der Waals surface area contributed by atoms with Crippen molar-refractivity contribution in [3.05, 3.63) is 0 Å². The van der Waals surface area contributed by atoms with E-state index in [9.17, 15) is 14.4 Å². The largest absolute Gasteiger partial charge is 0.481 e. The summed E-state index contributed by atoms with van der Waals surface area (Å²) in [6.45, 7) is 0.198. The third-order valence-electron chi connectivity index (χ3n) is 2.60. The molecule has 0 aliphatic heterocycles. The number of ketones is 1. The molecule has 0 fully saturated rings. The van der Waals surface area contributed by atoms with Gasteiger partial charge in [0.1, 0.15) is 0 Å². The molecule has 0 saturated carbocycles. The van der Waals surface area contributed by atoms with E-state index in [1.165, 1.54) is 0 Å². The molecule has 0 bridgehead atoms. The molecule has 0 saturated heterocycles. The smallest absolute Gasteiger partial charge is 0.331 e. The fraction of sp³-hybridized carbons (Fsp3) is 0.700. The monoisotopic (exact) mass is 261 g/mol. The van der Waals surface area contributed by atoms with E-state index in [2.05, 4.69) is 0 Å². The van der Waals surface area contributed by atoms with Gasteiger partial charge in [-0.3, -0.25) is 9.59 Å². The lowest BCUT2D eigenvalue weighted by atomic mass is 9.85. The molecule has 18 heavy (non-hydrogen) atoms. The van der Waals surface area contributed by atoms with Crippen molar-refractivity contribution in [3.8, 4) is 0 Å². The second-order valence-electron chi connectivity index (χ2n) is 4.07. The van der Waals surface area contributed by atoms with E-state index >= 15 is 0 Å². The van der Waals surface area contributed by atoms with Crippen LogP contribution in [-0.2, 0) is 14.4 Å². The zero-order chi connectivity index (χ0) is 14.3. The maximum absolute atomic E-state index is 11.9. The number of carbonyl (C=O) groups excluding carboxylic acids is 1. The molecule has 0 aromatic carbocycles. The minimum absolute atomic E-state index is 0.127. The van der Waals surface area contributed by atoms with Gasteiger partial charge in [0.25, 0.3) is 0 Å². The van der Waals surface area contributed by atoms with Crippen molar-refractivity contribution in [1.82, 2.24) is 0 Å². The third-order valence-corrected chi connectivity index (χ3v) is 2.60. The lowest BCUT2D eigenvalue weighted by molar-refractivity contribution is -0.149. The molecule has 104 valence electrons. The number of nitrogens with two attached hydrogens (primary N) is 3. The molecule has 8 heteroatoms. The molecular formula is C10H19N3O5. The summed E-state index contributed by atoms with van der Waals surface area (Å²) < 4.78 is 0. The van der Waals surface area contributed by atoms with E-state index in [4.69, 9.17) is 27.4 Å². The number of carboxylic acids is 2. The van der Waals surface area contributed by atoms with Gasteiger partial charge in [0.05, 0.1) is 6.04 Å². The lowest BCUT2D eigenvalue weighted by Crippen LogP contribution is -2.60. The Morgan fingerprint density at radius 2 is 1.78 bits per heavy atom. The van der Waals surface area contributed by atoms with Gasteiger partial charge >= 0.3 is 11.9 Å². The summed E-state index contributed by atoms with van der Waals surface area (Å²) in [7, 11) is 0. The molecular weight excluding hydrogens is 242 g/mol. The van der Waals surface area contributed by atoms with Crippen molar-refractivity contribution in [2.24, 2.45) is 17.2 Å². The Hall–Kier alpha value is -1.51. The Balaban J connectivity index is 4.74. The summed E-state index contributed by atoms with van der Waals surface area (Å²) in [5.41, 5.74) is 14.2. The Bertz CT molecular complexity index is 333. The van der Waals surface area contributed by atoms with Gasteiger partial charge in [0.2, 0.25) is 0 Å². The molecule has 0 radical (unpaired) electrons. The standard InChI is InChI=1S/C10H19N3O5/c11-5-1-4-10(13,9(17)18)8(16)6(12)2-3-7(14)15/h6H,1-5,11-13H2,(H,14,15)(H,17,18). The summed E-state index contributed by atoms with van der Waals surface area (Å²) in [6.07, 6.45) is -0.332. The van der Waals surface area contributed by atoms with Gasteiger partial charge in [-0.25, -0.2) is 4.79 Å². The van der Waals surface area contributed by atoms with Crippen LogP contribution in [0.2, 0.25) is 0 Å². The van der Waals surface area contributed by atoms with Crippen LogP contribution in [0.15, 0.2) is 0 Å². The van der Waals surface area contributed by atoms with Crippen LogP contribution >= 0.6 is 0 Å². The molecule has 0 aromatic rings. The van der Waals surface area contributed by atoms with E-state index in [1.807, 2.05) is 0 Å². The second kappa shape index (κ2) is 7.04. The quantitative estimate of drug-likeness (QED) is 0.305. The number of rotatable bonds is 9. The number of carbonyl (C=O) groups is 3. The van der Waals surface area contributed by atoms with Gasteiger partial charge in [-0.05, 0) is 25.8 Å². The summed E-state index contributed by atoms with van der Waals surface area (Å²) in [5, 5.41) is 17.5. The van der Waals surface area contributed by atoms with E-state index < -0.39 is 29.3 Å². The average molecular weight is 261 g/mol. The predicted octanol–water partition coefficient (Wildman–Crippen LogP) is -1.73. The molecule has 0 aliphatic rings. The maximum atomic E-state index is 11.9. The average Bonchev–Trinajstić information content (AvgIpc) is 2.31. The van der Waals surface area contributed by atoms with E-state index in [0.717, 1.165) is 0 Å². The molecule has 0 spiro atoms. The maximum Gasteiger partial charge on any atom is 0.331 e. The van der Waals surface area contributed by atoms with E-state index in [1.54, 1.807) is 0 Å². The summed E-state index contributed by atoms with van der Waals surface area (Å²) in [4.78, 5) is 33.3. The fourth-order valence-electron chi connectivity index (χ4n) is 1.46. The van der Waals surface area contributed by atoms with Gasteiger partial charge in [0, 0.05) is 6.42 Å². The molecule has 2 unspecified atom stereocenters. The van der Waals surface area contributed by atoms with Crippen LogP contribution in [-0.4, -0.2) is 46.1 Å². The summed E-state index contributed by atoms with van der Waals surface area (Å²) >= 11 is 0. The Labute approximate surface area is 104 Å². The van der Waals surface area contributed by atoms with Crippen molar-refractivity contribution in [2.45, 2.75) is 37.3 Å². The van der Waals surface area contributed by atoms with Crippen LogP contribution < -0.4 is 17.2 Å². The van der Waals surface area contributed by atoms with Gasteiger partial charge in [-0.15, -0.1) is 0 Å². The highest BCUT2D eigenvalue weighted by Crippen LogP contribution is 2.15. The molecule has 8 N–H and O–H groups in total. The predicted molar refractivity (Wildman–Crippen MR) is 62.7 cm³/mol. The lowest BCUT2D eigenvalue weighted by Gasteiger charge is -2.25. The zero-order valence-electron chi connectivity index (χ0n) is 9.96. The highest BCUT2D eigenvalue weighted by Gasteiger charge is 2.43. The van der Waals surface area contributed by atoms with Gasteiger partial charge in [-0.2, -0.15) is 0 Å². The first-order valence-corrected chi connectivity index (χ1v) is 5.49. The van der Waals surface area contributed by atoms with Gasteiger partial charge in [0.15, 0.2) is 11.3 Å². The summed E-state index contributed by atoms with van der Waals surface area (Å²) in [6, 6.07) is -1.21. The number of aliphatic carboxylic acids is 2. The van der Waals surface area contributed by atoms with Crippen LogP contribution in [0.5, 0.6) is 0 Å². The molecule has 0 aromatic heterocycles. The molecule has 8 nitrogen and oxygen atoms in total. The Morgan fingerprint density at radius 1 is 1.22 bits per heavy atom. The first kappa shape index (κ1) is 16.5. The first-order chi connectivity index (χ1) is 8.25. The first-order valence-electron chi connectivity index (χ1n) is 5.49. The zero-order valence-corrected chi connectivity index (χ0v) is 9.96. The van der Waals surface area contributed by atoms with E-state index in [0.29, 0.717) is 0 Å². The van der Waals surface area contributed by atoms with Crippen molar-refractivity contribution < 1.29 is 24.6 Å². The minimum atomic E-state index is -2.10. The highest BCUT2D eigenvalue weighted by molar-refractivity contribution is 6.09. The van der Waals surface area contributed by atoms with Gasteiger partial charge < -0.3 is 27.4 Å². The number of Topliss-reactive ketones (excluding diaryl/α,β-unsaturated/α-hetero) is 1. The van der Waals surface area contributed by atoms with Crippen molar-refractivity contribution in [1.29, 1.82) is 0 Å². The number of carboxylic acid groups (broad SMARTS) is 2. The van der Waals surface area contributed by atoms with Crippen LogP contribution in [0.25, 0.3) is 0 Å². The van der Waals surface area contributed by atoms with E-state index in [-0.39, 0.29) is 32.2 Å². The topological polar surface area (TPSA) is 170 Å². The van der Waals surface area contributed by atoms with Gasteiger partial charge in [-0.1, -0.05) is 0 Å². The summed E-state index contributed by atoms with van der Waals surface area (Å²) in [5.74, 6) is -3.46. The van der Waals surface area contributed by atoms with Crippen LogP contribution in [0.4, 0.5) is 0 Å².